The summed E-state index contributed by atoms with van der Waals surface area (Å²) in [7, 11) is -3.34. The first kappa shape index (κ1) is 14.5. The fraction of sp³-hybridized carbons (Fsp3) is 0.667. The summed E-state index contributed by atoms with van der Waals surface area (Å²) in [6.07, 6.45) is 4.70. The zero-order valence-electron chi connectivity index (χ0n) is 10.4. The molecule has 0 unspecified atom stereocenters. The molecule has 1 heterocycles. The lowest BCUT2D eigenvalue weighted by molar-refractivity contribution is 0.290. The Balaban J connectivity index is 1.92. The average Bonchev–Trinajstić information content (AvgIpc) is 2.76. The van der Waals surface area contributed by atoms with Crippen molar-refractivity contribution in [3.63, 3.8) is 0 Å². The molecule has 0 aromatic carbocycles. The summed E-state index contributed by atoms with van der Waals surface area (Å²) >= 11 is 4.51. The number of hydrogen-bond acceptors (Lipinski definition) is 3. The van der Waals surface area contributed by atoms with Crippen molar-refractivity contribution >= 4 is 37.3 Å². The molecule has 102 valence electrons. The molecule has 0 radical (unpaired) electrons. The Morgan fingerprint density at radius 2 is 2.06 bits per heavy atom. The lowest BCUT2D eigenvalue weighted by Gasteiger charge is -2.26. The quantitative estimate of drug-likeness (QED) is 0.900. The maximum absolute atomic E-state index is 12.1. The second kappa shape index (κ2) is 6.03. The van der Waals surface area contributed by atoms with E-state index in [-0.39, 0.29) is 0 Å². The minimum absolute atomic E-state index is 0.381. The Labute approximate surface area is 121 Å². The number of nitrogens with one attached hydrogen (secondary N) is 1. The van der Waals surface area contributed by atoms with E-state index in [9.17, 15) is 8.42 Å². The van der Waals surface area contributed by atoms with E-state index in [0.717, 1.165) is 18.8 Å². The molecule has 1 saturated carbocycles. The highest BCUT2D eigenvalue weighted by atomic mass is 79.9. The Bertz CT molecular complexity index is 490. The van der Waals surface area contributed by atoms with Crippen molar-refractivity contribution in [2.45, 2.75) is 36.8 Å². The summed E-state index contributed by atoms with van der Waals surface area (Å²) in [4.78, 5) is 0. The SMILES string of the molecule is CC1CCC(CNS(=O)(=O)c2sccc2Br)CC1. The molecule has 18 heavy (non-hydrogen) atoms. The molecule has 0 saturated heterocycles. The lowest BCUT2D eigenvalue weighted by Crippen LogP contribution is -2.30. The summed E-state index contributed by atoms with van der Waals surface area (Å²) in [5.41, 5.74) is 0. The fourth-order valence-electron chi connectivity index (χ4n) is 2.30. The van der Waals surface area contributed by atoms with Gasteiger partial charge in [0.1, 0.15) is 4.21 Å². The van der Waals surface area contributed by atoms with Gasteiger partial charge in [-0.25, -0.2) is 13.1 Å². The largest absolute Gasteiger partial charge is 0.251 e. The smallest absolute Gasteiger partial charge is 0.210 e. The zero-order valence-corrected chi connectivity index (χ0v) is 13.6. The van der Waals surface area contributed by atoms with Crippen LogP contribution in [0.15, 0.2) is 20.1 Å². The van der Waals surface area contributed by atoms with Gasteiger partial charge in [-0.1, -0.05) is 19.8 Å². The van der Waals surface area contributed by atoms with E-state index in [1.807, 2.05) is 0 Å². The molecule has 6 heteroatoms. The van der Waals surface area contributed by atoms with Gasteiger partial charge in [0.05, 0.1) is 0 Å². The molecular weight excluding hydrogens is 334 g/mol. The molecule has 1 aromatic heterocycles. The summed E-state index contributed by atoms with van der Waals surface area (Å²) in [5, 5.41) is 1.78. The van der Waals surface area contributed by atoms with Gasteiger partial charge in [0.2, 0.25) is 0 Å². The Morgan fingerprint density at radius 3 is 2.61 bits per heavy atom. The second-order valence-electron chi connectivity index (χ2n) is 5.03. The maximum atomic E-state index is 12.1. The van der Waals surface area contributed by atoms with Crippen LogP contribution in [-0.2, 0) is 10.0 Å². The molecule has 1 N–H and O–H groups in total. The third-order valence-corrected chi connectivity index (χ3v) is 7.62. The van der Waals surface area contributed by atoms with Gasteiger partial charge >= 0.3 is 0 Å². The summed E-state index contributed by atoms with van der Waals surface area (Å²) in [6.45, 7) is 2.84. The van der Waals surface area contributed by atoms with Crippen molar-refractivity contribution in [2.75, 3.05) is 6.54 Å². The van der Waals surface area contributed by atoms with Gasteiger partial charge in [0.15, 0.2) is 0 Å². The fourth-order valence-corrected chi connectivity index (χ4v) is 5.79. The molecule has 1 fully saturated rings. The number of sulfonamides is 1. The van der Waals surface area contributed by atoms with Crippen molar-refractivity contribution in [1.82, 2.24) is 4.72 Å². The predicted octanol–water partition coefficient (Wildman–Crippen LogP) is 3.62. The van der Waals surface area contributed by atoms with Crippen LogP contribution < -0.4 is 4.72 Å². The Kier molecular flexibility index (Phi) is 4.86. The minimum atomic E-state index is -3.34. The normalized spacial score (nSPS) is 25.2. The van der Waals surface area contributed by atoms with Crippen LogP contribution >= 0.6 is 27.3 Å². The van der Waals surface area contributed by atoms with Crippen LogP contribution in [0.5, 0.6) is 0 Å². The highest BCUT2D eigenvalue weighted by molar-refractivity contribution is 9.10. The predicted molar refractivity (Wildman–Crippen MR) is 78.3 cm³/mol. The van der Waals surface area contributed by atoms with Gasteiger partial charge < -0.3 is 0 Å². The van der Waals surface area contributed by atoms with Crippen LogP contribution in [-0.4, -0.2) is 15.0 Å². The molecule has 0 amide bonds. The van der Waals surface area contributed by atoms with Gasteiger partial charge in [-0.05, 0) is 52.1 Å². The van der Waals surface area contributed by atoms with E-state index < -0.39 is 10.0 Å². The highest BCUT2D eigenvalue weighted by Gasteiger charge is 2.23. The van der Waals surface area contributed by atoms with Crippen LogP contribution in [0.3, 0.4) is 0 Å². The minimum Gasteiger partial charge on any atom is -0.210 e. The van der Waals surface area contributed by atoms with Gasteiger partial charge in [-0.15, -0.1) is 11.3 Å². The van der Waals surface area contributed by atoms with Crippen LogP contribution in [0.4, 0.5) is 0 Å². The van der Waals surface area contributed by atoms with E-state index in [4.69, 9.17) is 0 Å². The number of thiophene rings is 1. The standard InChI is InChI=1S/C12H18BrNO2S2/c1-9-2-4-10(5-3-9)8-14-18(15,16)12-11(13)6-7-17-12/h6-7,9-10,14H,2-5,8H2,1H3. The second-order valence-corrected chi connectivity index (χ2v) is 8.77. The third-order valence-electron chi connectivity index (χ3n) is 3.53. The first-order valence-corrected chi connectivity index (χ1v) is 9.37. The third kappa shape index (κ3) is 3.56. The molecule has 3 nitrogen and oxygen atoms in total. The molecule has 1 aliphatic rings. The highest BCUT2D eigenvalue weighted by Crippen LogP contribution is 2.30. The van der Waals surface area contributed by atoms with Crippen LogP contribution in [0.25, 0.3) is 0 Å². The summed E-state index contributed by atoms with van der Waals surface area (Å²) in [6, 6.07) is 1.77. The average molecular weight is 352 g/mol. The number of rotatable bonds is 4. The van der Waals surface area contributed by atoms with E-state index in [2.05, 4.69) is 27.6 Å². The molecule has 0 bridgehead atoms. The van der Waals surface area contributed by atoms with Crippen molar-refractivity contribution in [1.29, 1.82) is 0 Å². The molecule has 1 aromatic rings. The van der Waals surface area contributed by atoms with E-state index in [0.29, 0.717) is 21.1 Å². The van der Waals surface area contributed by atoms with Gasteiger partial charge in [-0.3, -0.25) is 0 Å². The summed E-state index contributed by atoms with van der Waals surface area (Å²) < 4.78 is 28.0. The monoisotopic (exact) mass is 351 g/mol. The maximum Gasteiger partial charge on any atom is 0.251 e. The zero-order chi connectivity index (χ0) is 13.2. The molecular formula is C12H18BrNO2S2. The lowest BCUT2D eigenvalue weighted by atomic mass is 9.83. The Hall–Kier alpha value is 0.0900. The Morgan fingerprint density at radius 1 is 1.39 bits per heavy atom. The topological polar surface area (TPSA) is 46.2 Å². The molecule has 0 spiro atoms. The summed E-state index contributed by atoms with van der Waals surface area (Å²) in [5.74, 6) is 1.29. The van der Waals surface area contributed by atoms with Crippen LogP contribution in [0.1, 0.15) is 32.6 Å². The van der Waals surface area contributed by atoms with Crippen molar-refractivity contribution in [2.24, 2.45) is 11.8 Å². The molecule has 2 rings (SSSR count). The number of hydrogen-bond donors (Lipinski definition) is 1. The van der Waals surface area contributed by atoms with E-state index in [1.54, 1.807) is 11.4 Å². The number of halogens is 1. The van der Waals surface area contributed by atoms with Crippen molar-refractivity contribution in [3.05, 3.63) is 15.9 Å². The van der Waals surface area contributed by atoms with Gasteiger partial charge in [0, 0.05) is 11.0 Å². The molecule has 0 atom stereocenters. The van der Waals surface area contributed by atoms with Crippen LogP contribution in [0, 0.1) is 11.8 Å². The van der Waals surface area contributed by atoms with Crippen molar-refractivity contribution < 1.29 is 8.42 Å². The van der Waals surface area contributed by atoms with E-state index >= 15 is 0 Å². The van der Waals surface area contributed by atoms with Gasteiger partial charge in [0.25, 0.3) is 10.0 Å². The molecule has 1 aliphatic carbocycles. The van der Waals surface area contributed by atoms with Crippen molar-refractivity contribution in [3.8, 4) is 0 Å². The van der Waals surface area contributed by atoms with E-state index in [1.165, 1.54) is 24.2 Å². The molecule has 0 aliphatic heterocycles. The first-order valence-electron chi connectivity index (χ1n) is 6.21. The van der Waals surface area contributed by atoms with Gasteiger partial charge in [-0.2, -0.15) is 0 Å². The first-order chi connectivity index (χ1) is 8.49. The van der Waals surface area contributed by atoms with Crippen LogP contribution in [0.2, 0.25) is 0 Å².